The van der Waals surface area contributed by atoms with Crippen LogP contribution in [0.2, 0.25) is 0 Å². The van der Waals surface area contributed by atoms with Gasteiger partial charge in [-0.15, -0.1) is 12.4 Å². The van der Waals surface area contributed by atoms with Crippen LogP contribution >= 0.6 is 12.4 Å². The quantitative estimate of drug-likeness (QED) is 0.839. The largest absolute Gasteiger partial charge is 0.391 e. The van der Waals surface area contributed by atoms with Crippen molar-refractivity contribution in [1.82, 2.24) is 5.32 Å². The first kappa shape index (κ1) is 18.5. The molecule has 0 bridgehead atoms. The molecular formula is C12H22ClF3N2O. The van der Waals surface area contributed by atoms with Gasteiger partial charge in [-0.1, -0.05) is 6.42 Å². The van der Waals surface area contributed by atoms with Crippen molar-refractivity contribution in [3.05, 3.63) is 0 Å². The van der Waals surface area contributed by atoms with Crippen molar-refractivity contribution in [3.63, 3.8) is 0 Å². The van der Waals surface area contributed by atoms with Crippen molar-refractivity contribution >= 4 is 18.3 Å². The lowest BCUT2D eigenvalue weighted by Gasteiger charge is -2.30. The highest BCUT2D eigenvalue weighted by Crippen LogP contribution is 2.39. The fourth-order valence-electron chi connectivity index (χ4n) is 2.40. The van der Waals surface area contributed by atoms with Gasteiger partial charge in [0, 0.05) is 19.0 Å². The van der Waals surface area contributed by atoms with Crippen LogP contribution in [0.5, 0.6) is 0 Å². The van der Waals surface area contributed by atoms with Crippen LogP contribution in [0.15, 0.2) is 0 Å². The fraction of sp³-hybridized carbons (Fsp3) is 0.917. The Morgan fingerprint density at radius 3 is 2.58 bits per heavy atom. The molecule has 0 aromatic heterocycles. The van der Waals surface area contributed by atoms with Crippen molar-refractivity contribution in [2.24, 2.45) is 17.6 Å². The SMILES string of the molecule is CC(N)CC(=O)NCC1CCCC(C(F)(F)F)C1.Cl. The molecule has 19 heavy (non-hydrogen) atoms. The second-order valence-corrected chi connectivity index (χ2v) is 5.26. The van der Waals surface area contributed by atoms with Gasteiger partial charge in [0.1, 0.15) is 0 Å². The molecule has 1 saturated carbocycles. The van der Waals surface area contributed by atoms with E-state index in [0.717, 1.165) is 6.42 Å². The van der Waals surface area contributed by atoms with Crippen molar-refractivity contribution in [3.8, 4) is 0 Å². The number of amides is 1. The molecule has 0 spiro atoms. The van der Waals surface area contributed by atoms with Crippen molar-refractivity contribution in [1.29, 1.82) is 0 Å². The average molecular weight is 303 g/mol. The number of carbonyl (C=O) groups is 1. The molecule has 1 aliphatic rings. The summed E-state index contributed by atoms with van der Waals surface area (Å²) < 4.78 is 37.7. The maximum absolute atomic E-state index is 12.6. The van der Waals surface area contributed by atoms with Gasteiger partial charge in [0.2, 0.25) is 5.91 Å². The van der Waals surface area contributed by atoms with Gasteiger partial charge < -0.3 is 11.1 Å². The van der Waals surface area contributed by atoms with Crippen molar-refractivity contribution in [2.45, 2.75) is 51.2 Å². The molecule has 3 nitrogen and oxygen atoms in total. The fourth-order valence-corrected chi connectivity index (χ4v) is 2.40. The molecule has 1 aliphatic carbocycles. The third-order valence-electron chi connectivity index (χ3n) is 3.34. The Kier molecular flexibility index (Phi) is 7.74. The van der Waals surface area contributed by atoms with Crippen LogP contribution in [-0.2, 0) is 4.79 Å². The normalized spacial score (nSPS) is 25.3. The second-order valence-electron chi connectivity index (χ2n) is 5.26. The summed E-state index contributed by atoms with van der Waals surface area (Å²) in [4.78, 5) is 11.4. The van der Waals surface area contributed by atoms with E-state index in [4.69, 9.17) is 5.73 Å². The number of hydrogen-bond acceptors (Lipinski definition) is 2. The Labute approximate surface area is 117 Å². The molecule has 0 aromatic rings. The first-order chi connectivity index (χ1) is 8.29. The highest BCUT2D eigenvalue weighted by Gasteiger charge is 2.41. The Balaban J connectivity index is 0.00000324. The van der Waals surface area contributed by atoms with E-state index in [0.29, 0.717) is 13.0 Å². The Morgan fingerprint density at radius 2 is 2.05 bits per heavy atom. The smallest absolute Gasteiger partial charge is 0.356 e. The maximum Gasteiger partial charge on any atom is 0.391 e. The zero-order valence-corrected chi connectivity index (χ0v) is 11.8. The lowest BCUT2D eigenvalue weighted by atomic mass is 9.81. The molecule has 3 atom stereocenters. The van der Waals surface area contributed by atoms with E-state index in [9.17, 15) is 18.0 Å². The van der Waals surface area contributed by atoms with E-state index >= 15 is 0 Å². The highest BCUT2D eigenvalue weighted by atomic mass is 35.5. The molecular weight excluding hydrogens is 281 g/mol. The average Bonchev–Trinajstić information content (AvgIpc) is 2.25. The van der Waals surface area contributed by atoms with Gasteiger partial charge in [0.25, 0.3) is 0 Å². The number of hydrogen-bond donors (Lipinski definition) is 2. The van der Waals surface area contributed by atoms with E-state index in [1.165, 1.54) is 0 Å². The lowest BCUT2D eigenvalue weighted by molar-refractivity contribution is -0.185. The number of alkyl halides is 3. The summed E-state index contributed by atoms with van der Waals surface area (Å²) in [6.45, 7) is 2.05. The zero-order chi connectivity index (χ0) is 13.8. The first-order valence-corrected chi connectivity index (χ1v) is 6.38. The van der Waals surface area contributed by atoms with Gasteiger partial charge >= 0.3 is 6.18 Å². The van der Waals surface area contributed by atoms with E-state index in [-0.39, 0.29) is 49.5 Å². The van der Waals surface area contributed by atoms with Gasteiger partial charge in [0.05, 0.1) is 5.92 Å². The predicted octanol–water partition coefficient (Wildman–Crippen LogP) is 2.63. The minimum Gasteiger partial charge on any atom is -0.356 e. The minimum absolute atomic E-state index is 0. The predicted molar refractivity (Wildman–Crippen MR) is 70.0 cm³/mol. The number of rotatable bonds is 4. The van der Waals surface area contributed by atoms with E-state index in [1.807, 2.05) is 0 Å². The number of carbonyl (C=O) groups excluding carboxylic acids is 1. The molecule has 0 saturated heterocycles. The summed E-state index contributed by atoms with van der Waals surface area (Å²) in [7, 11) is 0. The molecule has 3 unspecified atom stereocenters. The van der Waals surface area contributed by atoms with Crippen LogP contribution < -0.4 is 11.1 Å². The van der Waals surface area contributed by atoms with Crippen LogP contribution in [0, 0.1) is 11.8 Å². The summed E-state index contributed by atoms with van der Waals surface area (Å²) in [5.41, 5.74) is 5.47. The van der Waals surface area contributed by atoms with Gasteiger partial charge in [-0.2, -0.15) is 13.2 Å². The third kappa shape index (κ3) is 7.01. The Morgan fingerprint density at radius 1 is 1.42 bits per heavy atom. The Hall–Kier alpha value is -0.490. The second kappa shape index (κ2) is 7.94. The van der Waals surface area contributed by atoms with Gasteiger partial charge in [0.15, 0.2) is 0 Å². The number of nitrogens with two attached hydrogens (primary N) is 1. The molecule has 0 radical (unpaired) electrons. The topological polar surface area (TPSA) is 55.1 Å². The van der Waals surface area contributed by atoms with Crippen LogP contribution in [0.3, 0.4) is 0 Å². The molecule has 7 heteroatoms. The van der Waals surface area contributed by atoms with E-state index in [2.05, 4.69) is 5.32 Å². The van der Waals surface area contributed by atoms with Crippen LogP contribution in [0.25, 0.3) is 0 Å². The number of nitrogens with one attached hydrogen (secondary N) is 1. The van der Waals surface area contributed by atoms with Crippen molar-refractivity contribution in [2.75, 3.05) is 6.54 Å². The van der Waals surface area contributed by atoms with Crippen LogP contribution in [0.4, 0.5) is 13.2 Å². The molecule has 1 rings (SSSR count). The molecule has 3 N–H and O–H groups in total. The molecule has 0 aliphatic heterocycles. The van der Waals surface area contributed by atoms with Crippen LogP contribution in [0.1, 0.15) is 39.0 Å². The Bertz CT molecular complexity index is 285. The molecule has 0 heterocycles. The third-order valence-corrected chi connectivity index (χ3v) is 3.34. The summed E-state index contributed by atoms with van der Waals surface area (Å²) in [5, 5.41) is 2.67. The van der Waals surface area contributed by atoms with Crippen LogP contribution in [-0.4, -0.2) is 24.7 Å². The lowest BCUT2D eigenvalue weighted by Crippen LogP contribution is -2.37. The summed E-state index contributed by atoms with van der Waals surface area (Å²) in [6, 6.07) is -0.223. The summed E-state index contributed by atoms with van der Waals surface area (Å²) >= 11 is 0. The first-order valence-electron chi connectivity index (χ1n) is 6.38. The van der Waals surface area contributed by atoms with Gasteiger partial charge in [-0.05, 0) is 32.1 Å². The molecule has 1 amide bonds. The summed E-state index contributed by atoms with van der Waals surface area (Å²) in [5.74, 6) is -1.46. The highest BCUT2D eigenvalue weighted by molar-refractivity contribution is 5.85. The molecule has 114 valence electrons. The maximum atomic E-state index is 12.6. The van der Waals surface area contributed by atoms with E-state index < -0.39 is 12.1 Å². The van der Waals surface area contributed by atoms with E-state index in [1.54, 1.807) is 6.92 Å². The monoisotopic (exact) mass is 302 g/mol. The zero-order valence-electron chi connectivity index (χ0n) is 11.0. The summed E-state index contributed by atoms with van der Waals surface area (Å²) in [6.07, 6.45) is -2.21. The van der Waals surface area contributed by atoms with Gasteiger partial charge in [-0.3, -0.25) is 4.79 Å². The molecule has 0 aromatic carbocycles. The standard InChI is InChI=1S/C12H21F3N2O.ClH/c1-8(16)5-11(18)17-7-9-3-2-4-10(6-9)12(13,14)15;/h8-10H,2-7,16H2,1H3,(H,17,18);1H. The number of halogens is 4. The van der Waals surface area contributed by atoms with Gasteiger partial charge in [-0.25, -0.2) is 0 Å². The van der Waals surface area contributed by atoms with Crippen molar-refractivity contribution < 1.29 is 18.0 Å². The minimum atomic E-state index is -4.10. The molecule has 1 fully saturated rings.